The molecule has 0 spiro atoms. The third-order valence-electron chi connectivity index (χ3n) is 2.08. The molecular weight excluding hydrogens is 222 g/mol. The van der Waals surface area contributed by atoms with Gasteiger partial charge in [-0.2, -0.15) is 0 Å². The van der Waals surface area contributed by atoms with Crippen molar-refractivity contribution in [2.24, 2.45) is 0 Å². The molecule has 6 nitrogen and oxygen atoms in total. The molecule has 0 bridgehead atoms. The predicted molar refractivity (Wildman–Crippen MR) is 62.7 cm³/mol. The molecule has 0 saturated carbocycles. The summed E-state index contributed by atoms with van der Waals surface area (Å²) in [6, 6.07) is -0.564. The number of alkyl carbamates (subject to hydrolysis) is 1. The van der Waals surface area contributed by atoms with E-state index < -0.39 is 17.7 Å². The molecule has 3 N–H and O–H groups in total. The summed E-state index contributed by atoms with van der Waals surface area (Å²) in [5.41, 5.74) is 0.308. The molecule has 1 rings (SSSR count). The number of hydrogen-bond donors (Lipinski definition) is 3. The van der Waals surface area contributed by atoms with Crippen molar-refractivity contribution in [2.75, 3.05) is 0 Å². The van der Waals surface area contributed by atoms with Gasteiger partial charge in [-0.05, 0) is 27.7 Å². The monoisotopic (exact) mass is 241 g/mol. The number of rotatable bonds is 4. The van der Waals surface area contributed by atoms with Crippen LogP contribution in [0.4, 0.5) is 4.79 Å². The summed E-state index contributed by atoms with van der Waals surface area (Å²) in [5, 5.41) is 8.10. The van der Waals surface area contributed by atoms with Crippen LogP contribution in [0.5, 0.6) is 0 Å². The fourth-order valence-electron chi connectivity index (χ4n) is 1.25. The van der Waals surface area contributed by atoms with Crippen molar-refractivity contribution < 1.29 is 14.3 Å². The zero-order valence-corrected chi connectivity index (χ0v) is 10.6. The Morgan fingerprint density at radius 2 is 2.06 bits per heavy atom. The molecule has 0 aliphatic carbocycles. The summed E-state index contributed by atoms with van der Waals surface area (Å²) in [6.45, 7) is 6.76. The lowest BCUT2D eigenvalue weighted by Gasteiger charge is -2.22. The molecule has 1 heterocycles. The standard InChI is InChI=1S/C11H19N3O3/c1-7(15)9(5-8-6-12-14-8)13-10(16)17-11(2,3)4/h6,9,12,14H,5H2,1-4H3,(H,13,16)/t9-/m1/s1. The molecule has 1 aromatic heterocycles. The molecule has 0 unspecified atom stereocenters. The maximum absolute atomic E-state index is 11.5. The smallest absolute Gasteiger partial charge is 0.408 e. The van der Waals surface area contributed by atoms with Gasteiger partial charge in [0.05, 0.1) is 11.7 Å². The average molecular weight is 241 g/mol. The van der Waals surface area contributed by atoms with Gasteiger partial charge in [-0.3, -0.25) is 4.79 Å². The Kier molecular flexibility index (Phi) is 3.98. The molecule has 0 aliphatic rings. The summed E-state index contributed by atoms with van der Waals surface area (Å²) < 4.78 is 5.09. The van der Waals surface area contributed by atoms with Gasteiger partial charge in [0.15, 0.2) is 5.78 Å². The fourth-order valence-corrected chi connectivity index (χ4v) is 1.25. The molecule has 0 aliphatic heterocycles. The Balaban J connectivity index is 2.51. The zero-order chi connectivity index (χ0) is 13.1. The van der Waals surface area contributed by atoms with Gasteiger partial charge in [0.2, 0.25) is 0 Å². The van der Waals surface area contributed by atoms with E-state index in [-0.39, 0.29) is 5.78 Å². The first kappa shape index (κ1) is 13.3. The van der Waals surface area contributed by atoms with Gasteiger partial charge in [-0.1, -0.05) is 0 Å². The van der Waals surface area contributed by atoms with Gasteiger partial charge in [0, 0.05) is 12.6 Å². The first-order chi connectivity index (χ1) is 7.78. The van der Waals surface area contributed by atoms with E-state index >= 15 is 0 Å². The maximum Gasteiger partial charge on any atom is 0.408 e. The second-order valence-electron chi connectivity index (χ2n) is 4.95. The third kappa shape index (κ3) is 4.76. The number of hydrogen-bond acceptors (Lipinski definition) is 3. The Morgan fingerprint density at radius 3 is 2.41 bits per heavy atom. The van der Waals surface area contributed by atoms with Gasteiger partial charge in [0.1, 0.15) is 5.60 Å². The highest BCUT2D eigenvalue weighted by Gasteiger charge is 2.22. The third-order valence-corrected chi connectivity index (χ3v) is 2.08. The van der Waals surface area contributed by atoms with Crippen molar-refractivity contribution in [3.63, 3.8) is 0 Å². The van der Waals surface area contributed by atoms with Crippen LogP contribution in [0.2, 0.25) is 0 Å². The topological polar surface area (TPSA) is 87.0 Å². The lowest BCUT2D eigenvalue weighted by atomic mass is 10.1. The van der Waals surface area contributed by atoms with Crippen molar-refractivity contribution >= 4 is 11.9 Å². The highest BCUT2D eigenvalue weighted by molar-refractivity contribution is 5.85. The van der Waals surface area contributed by atoms with Crippen LogP contribution in [-0.2, 0) is 16.0 Å². The minimum atomic E-state index is -0.578. The van der Waals surface area contributed by atoms with Crippen molar-refractivity contribution in [1.29, 1.82) is 0 Å². The normalized spacial score (nSPS) is 13.2. The first-order valence-corrected chi connectivity index (χ1v) is 5.48. The van der Waals surface area contributed by atoms with Crippen LogP contribution in [0.15, 0.2) is 6.20 Å². The summed E-state index contributed by atoms with van der Waals surface area (Å²) in [6.07, 6.45) is 1.60. The van der Waals surface area contributed by atoms with Crippen LogP contribution in [0, 0.1) is 0 Å². The van der Waals surface area contributed by atoms with Crippen molar-refractivity contribution in [1.82, 2.24) is 15.5 Å². The molecule has 0 fully saturated rings. The van der Waals surface area contributed by atoms with Crippen LogP contribution in [0.1, 0.15) is 33.4 Å². The zero-order valence-electron chi connectivity index (χ0n) is 10.6. The minimum Gasteiger partial charge on any atom is -0.444 e. The van der Waals surface area contributed by atoms with Crippen LogP contribution in [0.3, 0.4) is 0 Å². The number of aromatic amines is 2. The molecule has 6 heteroatoms. The minimum absolute atomic E-state index is 0.106. The van der Waals surface area contributed by atoms with E-state index in [1.54, 1.807) is 27.0 Å². The summed E-state index contributed by atoms with van der Waals surface area (Å²) in [7, 11) is 0. The van der Waals surface area contributed by atoms with Crippen molar-refractivity contribution in [2.45, 2.75) is 45.8 Å². The summed E-state index contributed by atoms with van der Waals surface area (Å²) >= 11 is 0. The number of aromatic nitrogens is 2. The maximum atomic E-state index is 11.5. The Morgan fingerprint density at radius 1 is 1.47 bits per heavy atom. The molecule has 0 saturated heterocycles. The number of amides is 1. The second kappa shape index (κ2) is 5.07. The first-order valence-electron chi connectivity index (χ1n) is 5.48. The van der Waals surface area contributed by atoms with Crippen LogP contribution in [0.25, 0.3) is 0 Å². The molecular formula is C11H19N3O3. The number of carbonyl (C=O) groups excluding carboxylic acids is 2. The van der Waals surface area contributed by atoms with E-state index in [9.17, 15) is 9.59 Å². The van der Waals surface area contributed by atoms with E-state index in [4.69, 9.17) is 4.74 Å². The molecule has 1 amide bonds. The van der Waals surface area contributed by atoms with Gasteiger partial charge < -0.3 is 20.3 Å². The van der Waals surface area contributed by atoms with Crippen molar-refractivity contribution in [3.8, 4) is 0 Å². The highest BCUT2D eigenvalue weighted by atomic mass is 16.6. The van der Waals surface area contributed by atoms with Crippen LogP contribution < -0.4 is 5.32 Å². The summed E-state index contributed by atoms with van der Waals surface area (Å²) in [4.78, 5) is 22.9. The molecule has 0 aromatic carbocycles. The van der Waals surface area contributed by atoms with E-state index in [0.29, 0.717) is 6.42 Å². The predicted octanol–water partition coefficient (Wildman–Crippen LogP) is 1.37. The van der Waals surface area contributed by atoms with Gasteiger partial charge in [0.25, 0.3) is 0 Å². The number of carbonyl (C=O) groups is 2. The van der Waals surface area contributed by atoms with Gasteiger partial charge in [-0.15, -0.1) is 0 Å². The van der Waals surface area contributed by atoms with Gasteiger partial charge in [-0.25, -0.2) is 4.79 Å². The number of ether oxygens (including phenoxy) is 1. The largest absolute Gasteiger partial charge is 0.444 e. The van der Waals surface area contributed by atoms with E-state index in [1.165, 1.54) is 6.92 Å². The van der Waals surface area contributed by atoms with E-state index in [1.807, 2.05) is 0 Å². The second-order valence-corrected chi connectivity index (χ2v) is 4.95. The van der Waals surface area contributed by atoms with Crippen LogP contribution >= 0.6 is 0 Å². The number of H-pyrrole nitrogens is 2. The average Bonchev–Trinajstić information content (AvgIpc) is 2.05. The molecule has 1 atom stereocenters. The quantitative estimate of drug-likeness (QED) is 0.744. The number of ketones is 1. The fraction of sp³-hybridized carbons (Fsp3) is 0.636. The Hall–Kier alpha value is -1.72. The molecule has 17 heavy (non-hydrogen) atoms. The van der Waals surface area contributed by atoms with Crippen molar-refractivity contribution in [3.05, 3.63) is 11.9 Å². The SMILES string of the molecule is CC(=O)[C@@H](Cc1c[nH][nH]1)NC(=O)OC(C)(C)C. The lowest BCUT2D eigenvalue weighted by molar-refractivity contribution is -0.119. The van der Waals surface area contributed by atoms with Gasteiger partial charge >= 0.3 is 6.09 Å². The van der Waals surface area contributed by atoms with E-state index in [2.05, 4.69) is 15.5 Å². The highest BCUT2D eigenvalue weighted by Crippen LogP contribution is 2.08. The summed E-state index contributed by atoms with van der Waals surface area (Å²) in [5.74, 6) is -0.106. The van der Waals surface area contributed by atoms with E-state index in [0.717, 1.165) is 5.69 Å². The lowest BCUT2D eigenvalue weighted by Crippen LogP contribution is -2.44. The number of Topliss-reactive ketones (excluding diaryl/α,β-unsaturated/α-hetero) is 1. The molecule has 1 aromatic rings. The molecule has 96 valence electrons. The molecule has 0 radical (unpaired) electrons. The Bertz CT molecular complexity index is 377. The number of nitrogens with one attached hydrogen (secondary N) is 3. The van der Waals surface area contributed by atoms with Crippen LogP contribution in [-0.4, -0.2) is 33.7 Å². The Labute approximate surface area is 100 Å².